The predicted molar refractivity (Wildman–Crippen MR) is 168 cm³/mol. The first-order valence-corrected chi connectivity index (χ1v) is 19.6. The van der Waals surface area contributed by atoms with Gasteiger partial charge >= 0.3 is 59.1 Å². The van der Waals surface area contributed by atoms with Gasteiger partial charge in [0.05, 0.1) is 30.4 Å². The van der Waals surface area contributed by atoms with E-state index in [4.69, 9.17) is 0 Å². The van der Waals surface area contributed by atoms with E-state index in [2.05, 4.69) is 9.98 Å². The Kier molecular flexibility index (Phi) is 11.7. The summed E-state index contributed by atoms with van der Waals surface area (Å²) in [4.78, 5) is 3.42. The van der Waals surface area contributed by atoms with Gasteiger partial charge in [0.25, 0.3) is 0 Å². The van der Waals surface area contributed by atoms with Crippen LogP contribution in [0.2, 0.25) is 0 Å². The molecular weight excluding hydrogens is 755 g/mol. The molecule has 0 amide bonds. The van der Waals surface area contributed by atoms with Gasteiger partial charge in [0, 0.05) is 47.9 Å². The van der Waals surface area contributed by atoms with Crippen LogP contribution in [0.25, 0.3) is 21.5 Å². The van der Waals surface area contributed by atoms with Crippen molar-refractivity contribution in [3.8, 4) is 0 Å². The first kappa shape index (κ1) is 42.8. The van der Waals surface area contributed by atoms with Crippen molar-refractivity contribution in [2.75, 3.05) is 0 Å². The Bertz CT molecular complexity index is 2450. The normalized spacial score (nSPS) is 16.3. The molecule has 0 radical (unpaired) electrons. The fourth-order valence-corrected chi connectivity index (χ4v) is 8.73. The van der Waals surface area contributed by atoms with Gasteiger partial charge in [-0.15, -0.1) is 0 Å². The molecule has 4 aromatic carbocycles. The first-order chi connectivity index (χ1) is 21.7. The van der Waals surface area contributed by atoms with E-state index in [1.165, 1.54) is 12.1 Å². The molecule has 2 heterocycles. The zero-order chi connectivity index (χ0) is 36.2. The average Bonchev–Trinajstić information content (AvgIpc) is 3.31. The Morgan fingerprint density at radius 3 is 1.04 bits per heavy atom. The largest absolute Gasteiger partial charge is 1.00 e. The summed E-state index contributed by atoms with van der Waals surface area (Å²) in [7, 11) is -19.8. The fourth-order valence-electron chi connectivity index (χ4n) is 6.10. The van der Waals surface area contributed by atoms with E-state index >= 15 is 0 Å². The smallest absolute Gasteiger partial charge is 0.744 e. The third kappa shape index (κ3) is 7.56. The van der Waals surface area contributed by atoms with Gasteiger partial charge in [-0.3, -0.25) is 0 Å². The molecule has 6 rings (SSSR count). The molecule has 2 N–H and O–H groups in total. The Labute approximate surface area is 334 Å². The molecule has 256 valence electrons. The molecule has 4 aromatic rings. The van der Waals surface area contributed by atoms with E-state index in [1.807, 2.05) is 41.5 Å². The molecule has 0 spiro atoms. The third-order valence-corrected chi connectivity index (χ3v) is 12.4. The molecule has 0 saturated heterocycles. The molecular formula is C30H28N2Na2O12S4. The van der Waals surface area contributed by atoms with Crippen LogP contribution in [0.1, 0.15) is 52.7 Å². The van der Waals surface area contributed by atoms with Crippen LogP contribution in [0, 0.1) is 0 Å². The molecule has 0 aliphatic carbocycles. The second kappa shape index (κ2) is 13.7. The minimum Gasteiger partial charge on any atom is -0.744 e. The van der Waals surface area contributed by atoms with Gasteiger partial charge < -0.3 is 18.2 Å². The zero-order valence-corrected chi connectivity index (χ0v) is 35.4. The molecule has 0 saturated carbocycles. The van der Waals surface area contributed by atoms with Crippen LogP contribution in [0.15, 0.2) is 68.1 Å². The van der Waals surface area contributed by atoms with Crippen molar-refractivity contribution in [3.63, 3.8) is 0 Å². The van der Waals surface area contributed by atoms with E-state index in [-0.39, 0.29) is 80.7 Å². The van der Waals surface area contributed by atoms with Crippen LogP contribution >= 0.6 is 0 Å². The van der Waals surface area contributed by atoms with Crippen molar-refractivity contribution in [1.82, 2.24) is 0 Å². The number of nitrogens with one attached hydrogen (secondary N) is 2. The predicted octanol–water partition coefficient (Wildman–Crippen LogP) is -5.77. The maximum atomic E-state index is 11.6. The number of hydrogen-bond donors (Lipinski definition) is 2. The molecule has 2 aliphatic heterocycles. The van der Waals surface area contributed by atoms with Crippen LogP contribution < -0.4 is 69.1 Å². The molecule has 20 heteroatoms. The number of fused-ring (bicyclic) bond motifs is 6. The van der Waals surface area contributed by atoms with E-state index in [1.54, 1.807) is 12.1 Å². The van der Waals surface area contributed by atoms with Crippen LogP contribution in [-0.4, -0.2) is 63.3 Å². The first-order valence-electron chi connectivity index (χ1n) is 13.9. The van der Waals surface area contributed by atoms with Crippen LogP contribution in [-0.2, 0) is 51.3 Å². The fraction of sp³-hybridized carbons (Fsp3) is 0.267. The number of rotatable bonds is 4. The molecule has 0 fully saturated rings. The third-order valence-electron chi connectivity index (χ3n) is 9.03. The Hall–Kier alpha value is -1.62. The topological polar surface area (TPSA) is 257 Å². The van der Waals surface area contributed by atoms with Crippen molar-refractivity contribution in [2.24, 2.45) is 0 Å². The van der Waals surface area contributed by atoms with Crippen molar-refractivity contribution < 1.29 is 121 Å². The zero-order valence-electron chi connectivity index (χ0n) is 28.2. The molecule has 50 heavy (non-hydrogen) atoms. The molecule has 14 nitrogen and oxygen atoms in total. The average molecular weight is 783 g/mol. The van der Waals surface area contributed by atoms with E-state index in [9.17, 15) is 51.9 Å². The molecule has 0 unspecified atom stereocenters. The summed E-state index contributed by atoms with van der Waals surface area (Å²) in [5, 5.41) is 0.711. The standard InChI is InChI=1S/2C15H15NO6S2.2Na/c2*1-8-15(2,3)14-11-6-9(23(17,18)19)7-13(24(20,21)22)10(11)4-5-12(14)16-8;;/h2*4-7H,1-3H3,(H,17,18,19)(H,20,21,22);;/q;;2*+1/p-2. The van der Waals surface area contributed by atoms with Gasteiger partial charge in [0.15, 0.2) is 11.4 Å². The maximum Gasteiger partial charge on any atom is 1.00 e. The van der Waals surface area contributed by atoms with Gasteiger partial charge in [-0.1, -0.05) is 0 Å². The molecule has 0 bridgehead atoms. The van der Waals surface area contributed by atoms with Gasteiger partial charge in [0.1, 0.15) is 40.5 Å². The van der Waals surface area contributed by atoms with Crippen molar-refractivity contribution in [1.29, 1.82) is 0 Å². The SMILES string of the molecule is CC1=[NH+]c2ccc3c(S(=O)(=O)[O-])cc(S(=O)(=O)[O-])cc3c2C1(C)C.CC1=[NH+]c2ccc3c(S(=O)(=O)[O-])cc(S(=O)(=O)[O-])cc3c2C1(C)C.[Na+].[Na+]. The summed E-state index contributed by atoms with van der Waals surface area (Å²) in [5.74, 6) is 0. The quantitative estimate of drug-likeness (QED) is 0.145. The summed E-state index contributed by atoms with van der Waals surface area (Å²) in [5.41, 5.74) is 3.34. The summed E-state index contributed by atoms with van der Waals surface area (Å²) < 4.78 is 138. The summed E-state index contributed by atoms with van der Waals surface area (Å²) in [6.45, 7) is 11.2. The minimum atomic E-state index is -4.96. The van der Waals surface area contributed by atoms with Gasteiger partial charge in [-0.2, -0.15) is 0 Å². The molecule has 0 aromatic heterocycles. The molecule has 2 aliphatic rings. The summed E-state index contributed by atoms with van der Waals surface area (Å²) in [6, 6.07) is 9.66. The van der Waals surface area contributed by atoms with Crippen LogP contribution in [0.5, 0.6) is 0 Å². The van der Waals surface area contributed by atoms with Crippen molar-refractivity contribution >= 4 is 84.8 Å². The van der Waals surface area contributed by atoms with Gasteiger partial charge in [0.2, 0.25) is 11.4 Å². The van der Waals surface area contributed by atoms with Gasteiger partial charge in [-0.25, -0.2) is 43.7 Å². The Morgan fingerprint density at radius 2 is 0.780 bits per heavy atom. The monoisotopic (exact) mass is 782 g/mol. The van der Waals surface area contributed by atoms with Crippen molar-refractivity contribution in [3.05, 3.63) is 59.7 Å². The van der Waals surface area contributed by atoms with Crippen LogP contribution in [0.4, 0.5) is 11.4 Å². The molecule has 0 atom stereocenters. The number of benzene rings is 4. The number of hydrogen-bond acceptors (Lipinski definition) is 12. The summed E-state index contributed by atoms with van der Waals surface area (Å²) in [6.07, 6.45) is 0. The summed E-state index contributed by atoms with van der Waals surface area (Å²) >= 11 is 0. The van der Waals surface area contributed by atoms with Crippen molar-refractivity contribution in [2.45, 2.75) is 72.0 Å². The van der Waals surface area contributed by atoms with E-state index < -0.39 is 70.9 Å². The maximum absolute atomic E-state index is 11.6. The van der Waals surface area contributed by atoms with Crippen LogP contribution in [0.3, 0.4) is 0 Å². The van der Waals surface area contributed by atoms with Gasteiger partial charge in [-0.05, 0) is 74.9 Å². The second-order valence-electron chi connectivity index (χ2n) is 12.6. The minimum absolute atomic E-state index is 0. The Balaban J connectivity index is 0.000000260. The Morgan fingerprint density at radius 1 is 0.480 bits per heavy atom. The van der Waals surface area contributed by atoms with E-state index in [0.717, 1.165) is 23.6 Å². The second-order valence-corrected chi connectivity index (χ2v) is 18.0. The van der Waals surface area contributed by atoms with E-state index in [0.29, 0.717) is 34.6 Å².